The van der Waals surface area contributed by atoms with Crippen molar-refractivity contribution >= 4 is 28.8 Å². The highest BCUT2D eigenvalue weighted by molar-refractivity contribution is 14.1. The Kier molecular flexibility index (Phi) is 6.69. The van der Waals surface area contributed by atoms with Crippen LogP contribution in [0.4, 0.5) is 0 Å². The lowest BCUT2D eigenvalue weighted by molar-refractivity contribution is 0.307. The van der Waals surface area contributed by atoms with E-state index in [1.165, 1.54) is 0 Å². The zero-order chi connectivity index (χ0) is 5.54. The lowest BCUT2D eigenvalue weighted by Crippen LogP contribution is -1.87. The van der Waals surface area contributed by atoms with Crippen LogP contribution in [-0.2, 0) is 0 Å². The lowest BCUT2D eigenvalue weighted by atomic mass is 10.7. The van der Waals surface area contributed by atoms with E-state index in [1.807, 2.05) is 0 Å². The van der Waals surface area contributed by atoms with E-state index in [0.717, 1.165) is 4.43 Å². The zero-order valence-corrected chi connectivity index (χ0v) is 6.13. The van der Waals surface area contributed by atoms with Gasteiger partial charge in [-0.2, -0.15) is 0 Å². The van der Waals surface area contributed by atoms with E-state index in [2.05, 4.69) is 27.6 Å². The van der Waals surface area contributed by atoms with Gasteiger partial charge in [-0.15, -0.1) is 0 Å². The van der Waals surface area contributed by atoms with Gasteiger partial charge < -0.3 is 5.11 Å². The summed E-state index contributed by atoms with van der Waals surface area (Å²) in [7, 11) is 0. The van der Waals surface area contributed by atoms with Crippen molar-refractivity contribution < 1.29 is 5.11 Å². The summed E-state index contributed by atoms with van der Waals surface area (Å²) in [5.41, 5.74) is 0. The van der Waals surface area contributed by atoms with Crippen LogP contribution in [0.15, 0.2) is 4.99 Å². The van der Waals surface area contributed by atoms with Gasteiger partial charge in [0.2, 0.25) is 0 Å². The number of aliphatic imine (C=N–C) groups is 1. The molecule has 0 rings (SSSR count). The highest BCUT2D eigenvalue weighted by Crippen LogP contribution is 1.73. The monoisotopic (exact) mass is 213 g/mol. The van der Waals surface area contributed by atoms with E-state index >= 15 is 0 Å². The second kappa shape index (κ2) is 6.36. The third-order valence-corrected chi connectivity index (χ3v) is 0.821. The average molecular weight is 213 g/mol. The predicted molar refractivity (Wildman–Crippen MR) is 39.3 cm³/mol. The Bertz CT molecular complexity index is 55.7. The van der Waals surface area contributed by atoms with Gasteiger partial charge in [-0.25, -0.2) is 0 Å². The SMILES string of the molecule is OCC/N=C\CI. The predicted octanol–water partition coefficient (Wildman–Crippen LogP) is 0.484. The quantitative estimate of drug-likeness (QED) is 0.413. The van der Waals surface area contributed by atoms with Crippen molar-refractivity contribution in [2.24, 2.45) is 4.99 Å². The van der Waals surface area contributed by atoms with Crippen LogP contribution in [0.3, 0.4) is 0 Å². The van der Waals surface area contributed by atoms with Crippen molar-refractivity contribution in [3.8, 4) is 0 Å². The molecule has 2 nitrogen and oxygen atoms in total. The molecule has 1 N–H and O–H groups in total. The van der Waals surface area contributed by atoms with E-state index in [1.54, 1.807) is 6.21 Å². The highest BCUT2D eigenvalue weighted by Gasteiger charge is 1.69. The number of hydrogen-bond donors (Lipinski definition) is 1. The molecule has 0 heterocycles. The molecule has 0 aromatic heterocycles. The van der Waals surface area contributed by atoms with Gasteiger partial charge in [0.15, 0.2) is 0 Å². The summed E-state index contributed by atoms with van der Waals surface area (Å²) in [6.07, 6.45) is 1.79. The van der Waals surface area contributed by atoms with Crippen molar-refractivity contribution in [3.05, 3.63) is 0 Å². The molecular formula is C4H8INO. The highest BCUT2D eigenvalue weighted by atomic mass is 127. The Hall–Kier alpha value is 0.360. The largest absolute Gasteiger partial charge is 0.394 e. The van der Waals surface area contributed by atoms with Crippen LogP contribution in [0.25, 0.3) is 0 Å². The first-order valence-corrected chi connectivity index (χ1v) is 3.59. The summed E-state index contributed by atoms with van der Waals surface area (Å²) < 4.78 is 0.928. The average Bonchev–Trinajstić information content (AvgIpc) is 1.69. The smallest absolute Gasteiger partial charge is 0.0626 e. The Labute approximate surface area is 56.8 Å². The molecule has 0 unspecified atom stereocenters. The molecule has 0 aliphatic rings. The summed E-state index contributed by atoms with van der Waals surface area (Å²) in [4.78, 5) is 3.83. The van der Waals surface area contributed by atoms with Gasteiger partial charge in [0.1, 0.15) is 0 Å². The summed E-state index contributed by atoms with van der Waals surface area (Å²) in [5.74, 6) is 0. The first-order chi connectivity index (χ1) is 3.41. The molecule has 0 saturated heterocycles. The second-order valence-corrected chi connectivity index (χ2v) is 1.85. The second-order valence-electron chi connectivity index (χ2n) is 0.967. The fourth-order valence-electron chi connectivity index (χ4n) is 0.198. The molecule has 0 spiro atoms. The number of hydrogen-bond acceptors (Lipinski definition) is 2. The Balaban J connectivity index is 2.78. The number of rotatable bonds is 3. The topological polar surface area (TPSA) is 32.6 Å². The Morgan fingerprint density at radius 3 is 2.86 bits per heavy atom. The number of halogens is 1. The third kappa shape index (κ3) is 6.36. The minimum atomic E-state index is 0.160. The first kappa shape index (κ1) is 7.36. The molecule has 0 aliphatic carbocycles. The molecule has 3 heteroatoms. The Morgan fingerprint density at radius 1 is 1.71 bits per heavy atom. The standard InChI is InChI=1S/C4H8INO/c5-1-2-6-3-4-7/h2,7H,1,3-4H2/b6-2-. The van der Waals surface area contributed by atoms with Crippen LogP contribution in [0.1, 0.15) is 0 Å². The number of nitrogens with zero attached hydrogens (tertiary/aromatic N) is 1. The van der Waals surface area contributed by atoms with Gasteiger partial charge in [-0.1, -0.05) is 22.6 Å². The summed E-state index contributed by atoms with van der Waals surface area (Å²) >= 11 is 2.20. The van der Waals surface area contributed by atoms with Gasteiger partial charge in [-0.3, -0.25) is 4.99 Å². The van der Waals surface area contributed by atoms with E-state index in [4.69, 9.17) is 5.11 Å². The minimum Gasteiger partial charge on any atom is -0.394 e. The molecule has 0 aromatic carbocycles. The summed E-state index contributed by atoms with van der Waals surface area (Å²) in [6, 6.07) is 0. The molecular weight excluding hydrogens is 205 g/mol. The molecule has 0 atom stereocenters. The fraction of sp³-hybridized carbons (Fsp3) is 0.750. The summed E-state index contributed by atoms with van der Waals surface area (Å²) in [5, 5.41) is 8.18. The van der Waals surface area contributed by atoms with Crippen molar-refractivity contribution in [1.82, 2.24) is 0 Å². The molecule has 0 radical (unpaired) electrons. The van der Waals surface area contributed by atoms with E-state index in [-0.39, 0.29) is 6.61 Å². The van der Waals surface area contributed by atoms with Gasteiger partial charge in [-0.05, 0) is 0 Å². The van der Waals surface area contributed by atoms with Crippen LogP contribution in [0, 0.1) is 0 Å². The Morgan fingerprint density at radius 2 is 2.43 bits per heavy atom. The zero-order valence-electron chi connectivity index (χ0n) is 3.97. The molecule has 42 valence electrons. The molecule has 0 bridgehead atoms. The van der Waals surface area contributed by atoms with Crippen LogP contribution in [0.2, 0.25) is 0 Å². The van der Waals surface area contributed by atoms with Crippen molar-refractivity contribution in [3.63, 3.8) is 0 Å². The van der Waals surface area contributed by atoms with Gasteiger partial charge in [0, 0.05) is 10.6 Å². The summed E-state index contributed by atoms with van der Waals surface area (Å²) in [6.45, 7) is 0.705. The van der Waals surface area contributed by atoms with Crippen molar-refractivity contribution in [2.45, 2.75) is 0 Å². The molecule has 7 heavy (non-hydrogen) atoms. The maximum atomic E-state index is 8.18. The van der Waals surface area contributed by atoms with E-state index in [0.29, 0.717) is 6.54 Å². The van der Waals surface area contributed by atoms with Crippen molar-refractivity contribution in [2.75, 3.05) is 17.6 Å². The minimum absolute atomic E-state index is 0.160. The lowest BCUT2D eigenvalue weighted by Gasteiger charge is -1.80. The molecule has 0 aromatic rings. The van der Waals surface area contributed by atoms with Crippen LogP contribution in [-0.4, -0.2) is 28.9 Å². The van der Waals surface area contributed by atoms with Gasteiger partial charge >= 0.3 is 0 Å². The van der Waals surface area contributed by atoms with E-state index < -0.39 is 0 Å². The van der Waals surface area contributed by atoms with Crippen molar-refractivity contribution in [1.29, 1.82) is 0 Å². The first-order valence-electron chi connectivity index (χ1n) is 2.07. The number of aliphatic hydroxyl groups is 1. The van der Waals surface area contributed by atoms with Gasteiger partial charge in [0.25, 0.3) is 0 Å². The van der Waals surface area contributed by atoms with Crippen LogP contribution >= 0.6 is 22.6 Å². The molecule has 0 fully saturated rings. The maximum absolute atomic E-state index is 8.18. The number of alkyl halides is 1. The molecule has 0 aliphatic heterocycles. The fourth-order valence-corrected chi connectivity index (χ4v) is 0.476. The maximum Gasteiger partial charge on any atom is 0.0626 e. The van der Waals surface area contributed by atoms with Crippen LogP contribution < -0.4 is 0 Å². The molecule has 0 saturated carbocycles. The third-order valence-electron chi connectivity index (χ3n) is 0.427. The van der Waals surface area contributed by atoms with Gasteiger partial charge in [0.05, 0.1) is 13.2 Å². The number of aliphatic hydroxyl groups excluding tert-OH is 1. The van der Waals surface area contributed by atoms with E-state index in [9.17, 15) is 0 Å². The van der Waals surface area contributed by atoms with Crippen LogP contribution in [0.5, 0.6) is 0 Å². The normalized spacial score (nSPS) is 10.6. The molecule has 0 amide bonds.